The van der Waals surface area contributed by atoms with E-state index in [1.54, 1.807) is 29.3 Å². The number of hydrogen-bond acceptors (Lipinski definition) is 4. The van der Waals surface area contributed by atoms with E-state index in [4.69, 9.17) is 0 Å². The van der Waals surface area contributed by atoms with Gasteiger partial charge in [-0.15, -0.1) is 0 Å². The summed E-state index contributed by atoms with van der Waals surface area (Å²) in [5.41, 5.74) is 2.21. The molecular weight excluding hydrogens is 486 g/mol. The van der Waals surface area contributed by atoms with E-state index in [0.717, 1.165) is 23.5 Å². The number of Topliss-reactive ketones (excluding diaryl/α,β-unsaturated/α-hetero) is 1. The van der Waals surface area contributed by atoms with Crippen molar-refractivity contribution >= 4 is 16.8 Å². The van der Waals surface area contributed by atoms with E-state index in [-0.39, 0.29) is 17.7 Å². The summed E-state index contributed by atoms with van der Waals surface area (Å²) in [6.45, 7) is 0. The molecule has 0 N–H and O–H groups in total. The van der Waals surface area contributed by atoms with Gasteiger partial charge < -0.3 is 0 Å². The number of benzene rings is 2. The van der Waals surface area contributed by atoms with Crippen LogP contribution in [0.15, 0.2) is 73.4 Å². The first kappa shape index (κ1) is 23.9. The normalized spacial score (nSPS) is 11.4. The second-order valence-corrected chi connectivity index (χ2v) is 8.28. The summed E-state index contributed by atoms with van der Waals surface area (Å²) >= 11 is 0. The maximum Gasteiger partial charge on any atom is 0.416 e. The second-order valence-electron chi connectivity index (χ2n) is 8.28. The van der Waals surface area contributed by atoms with E-state index in [2.05, 4.69) is 26.9 Å². The highest BCUT2D eigenvalue weighted by Gasteiger charge is 2.31. The number of hydrogen-bond donors (Lipinski definition) is 0. The van der Waals surface area contributed by atoms with Crippen LogP contribution >= 0.6 is 0 Å². The quantitative estimate of drug-likeness (QED) is 0.194. The zero-order valence-corrected chi connectivity index (χ0v) is 19.3. The average Bonchev–Trinajstić information content (AvgIpc) is 3.49. The van der Waals surface area contributed by atoms with Crippen molar-refractivity contribution in [1.82, 2.24) is 24.3 Å². The fourth-order valence-electron chi connectivity index (χ4n) is 3.78. The van der Waals surface area contributed by atoms with Crippen LogP contribution in [0.3, 0.4) is 0 Å². The minimum absolute atomic E-state index is 0.0586. The Morgan fingerprint density at radius 1 is 1.03 bits per heavy atom. The van der Waals surface area contributed by atoms with E-state index in [0.29, 0.717) is 22.7 Å². The number of alkyl halides is 3. The molecule has 0 aliphatic carbocycles. The van der Waals surface area contributed by atoms with Crippen LogP contribution in [-0.2, 0) is 19.6 Å². The van der Waals surface area contributed by atoms with Crippen molar-refractivity contribution in [3.63, 3.8) is 0 Å². The van der Waals surface area contributed by atoms with Crippen molar-refractivity contribution in [2.24, 2.45) is 7.05 Å². The number of carbonyl (C=O) groups excluding carboxylic acids is 1. The Hall–Kier alpha value is -4.78. The second kappa shape index (κ2) is 9.35. The van der Waals surface area contributed by atoms with Gasteiger partial charge in [0.15, 0.2) is 5.78 Å². The summed E-state index contributed by atoms with van der Waals surface area (Å²) in [6, 6.07) is 10.9. The fraction of sp³-hybridized carbons (Fsp3) is 0.111. The zero-order chi connectivity index (χ0) is 26.2. The Morgan fingerprint density at radius 3 is 2.62 bits per heavy atom. The van der Waals surface area contributed by atoms with Crippen LogP contribution in [0.4, 0.5) is 17.6 Å². The Morgan fingerprint density at radius 2 is 1.86 bits per heavy atom. The number of aryl methyl sites for hydroxylation is 1. The molecule has 0 saturated carbocycles. The van der Waals surface area contributed by atoms with Crippen LogP contribution in [0, 0.1) is 17.7 Å². The standard InChI is InChI=1S/C27H17F4N5O/c1-35-15-21(14-34-35)36-16-33-23-11-17(4-7-25(23)36)2-5-19-10-18(3-6-22(19)28)12-26(37)24-13-20(8-9-32-24)27(29,30)31/h3-4,6-11,13-16H,12H2,1H3. The summed E-state index contributed by atoms with van der Waals surface area (Å²) in [4.78, 5) is 20.7. The number of ketones is 1. The maximum atomic E-state index is 14.4. The molecule has 0 fully saturated rings. The Balaban J connectivity index is 1.37. The predicted octanol–water partition coefficient (Wildman–Crippen LogP) is 5.14. The fourth-order valence-corrected chi connectivity index (χ4v) is 3.78. The summed E-state index contributed by atoms with van der Waals surface area (Å²) in [6.07, 6.45) is 1.36. The number of pyridine rings is 1. The van der Waals surface area contributed by atoms with Gasteiger partial charge in [0.1, 0.15) is 17.8 Å². The third-order valence-electron chi connectivity index (χ3n) is 5.63. The van der Waals surface area contributed by atoms with Gasteiger partial charge in [-0.2, -0.15) is 18.3 Å². The first-order valence-electron chi connectivity index (χ1n) is 11.0. The summed E-state index contributed by atoms with van der Waals surface area (Å²) in [5.74, 6) is 4.48. The van der Waals surface area contributed by atoms with Crippen molar-refractivity contribution in [3.05, 3.63) is 107 Å². The SMILES string of the molecule is Cn1cc(-n2cnc3cc(C#Cc4cc(CC(=O)c5cc(C(F)(F)F)ccn5)ccc4F)ccc32)cn1. The predicted molar refractivity (Wildman–Crippen MR) is 127 cm³/mol. The largest absolute Gasteiger partial charge is 0.416 e. The van der Waals surface area contributed by atoms with Gasteiger partial charge in [0.05, 0.1) is 34.0 Å². The van der Waals surface area contributed by atoms with Crippen LogP contribution in [0.5, 0.6) is 0 Å². The average molecular weight is 503 g/mol. The number of rotatable bonds is 4. The molecule has 3 aromatic heterocycles. The number of aromatic nitrogens is 5. The third kappa shape index (κ3) is 5.11. The van der Waals surface area contributed by atoms with Crippen molar-refractivity contribution < 1.29 is 22.4 Å². The summed E-state index contributed by atoms with van der Waals surface area (Å²) in [7, 11) is 1.82. The highest BCUT2D eigenvalue weighted by atomic mass is 19.4. The number of carbonyl (C=O) groups is 1. The minimum Gasteiger partial charge on any atom is -0.296 e. The Bertz CT molecular complexity index is 1710. The first-order chi connectivity index (χ1) is 17.7. The van der Waals surface area contributed by atoms with Gasteiger partial charge >= 0.3 is 6.18 Å². The molecule has 0 atom stereocenters. The lowest BCUT2D eigenvalue weighted by atomic mass is 10.0. The highest BCUT2D eigenvalue weighted by molar-refractivity contribution is 5.96. The van der Waals surface area contributed by atoms with Crippen LogP contribution in [-0.4, -0.2) is 30.1 Å². The Kier molecular flexibility index (Phi) is 6.05. The molecule has 3 heterocycles. The van der Waals surface area contributed by atoms with Crippen LogP contribution in [0.25, 0.3) is 16.7 Å². The van der Waals surface area contributed by atoms with Gasteiger partial charge in [0.2, 0.25) is 0 Å². The molecule has 184 valence electrons. The van der Waals surface area contributed by atoms with E-state index in [1.165, 1.54) is 18.2 Å². The molecular formula is C27H17F4N5O. The molecule has 0 saturated heterocycles. The van der Waals surface area contributed by atoms with Crippen molar-refractivity contribution in [3.8, 4) is 17.5 Å². The number of nitrogens with zero attached hydrogens (tertiary/aromatic N) is 5. The maximum absolute atomic E-state index is 14.4. The minimum atomic E-state index is -4.59. The summed E-state index contributed by atoms with van der Waals surface area (Å²) < 4.78 is 56.8. The topological polar surface area (TPSA) is 65.6 Å². The smallest absolute Gasteiger partial charge is 0.296 e. The van der Waals surface area contributed by atoms with Crippen LogP contribution in [0.2, 0.25) is 0 Å². The molecule has 2 aromatic carbocycles. The van der Waals surface area contributed by atoms with Crippen molar-refractivity contribution in [2.75, 3.05) is 0 Å². The summed E-state index contributed by atoms with van der Waals surface area (Å²) in [5, 5.41) is 4.16. The molecule has 0 aliphatic rings. The number of halogens is 4. The zero-order valence-electron chi connectivity index (χ0n) is 19.3. The monoisotopic (exact) mass is 503 g/mol. The molecule has 5 aromatic rings. The van der Waals surface area contributed by atoms with Gasteiger partial charge in [-0.05, 0) is 48.0 Å². The highest BCUT2D eigenvalue weighted by Crippen LogP contribution is 2.29. The molecule has 37 heavy (non-hydrogen) atoms. The van der Waals surface area contributed by atoms with Crippen LogP contribution < -0.4 is 0 Å². The lowest BCUT2D eigenvalue weighted by Gasteiger charge is -2.08. The van der Waals surface area contributed by atoms with Gasteiger partial charge in [-0.3, -0.25) is 19.0 Å². The van der Waals surface area contributed by atoms with E-state index in [1.807, 2.05) is 23.9 Å². The molecule has 0 unspecified atom stereocenters. The molecule has 6 nitrogen and oxygen atoms in total. The van der Waals surface area contributed by atoms with Crippen LogP contribution in [0.1, 0.15) is 32.7 Å². The van der Waals surface area contributed by atoms with Gasteiger partial charge in [0, 0.05) is 31.4 Å². The lowest BCUT2D eigenvalue weighted by Crippen LogP contribution is -2.11. The van der Waals surface area contributed by atoms with E-state index < -0.39 is 23.3 Å². The Labute approximate surface area is 208 Å². The van der Waals surface area contributed by atoms with E-state index in [9.17, 15) is 22.4 Å². The molecule has 0 radical (unpaired) electrons. The van der Waals surface area contributed by atoms with Gasteiger partial charge in [-0.25, -0.2) is 9.37 Å². The van der Waals surface area contributed by atoms with Gasteiger partial charge in [-0.1, -0.05) is 17.9 Å². The third-order valence-corrected chi connectivity index (χ3v) is 5.63. The molecule has 0 bridgehead atoms. The molecule has 0 aliphatic heterocycles. The van der Waals surface area contributed by atoms with Crippen molar-refractivity contribution in [1.29, 1.82) is 0 Å². The molecule has 0 amide bonds. The lowest BCUT2D eigenvalue weighted by molar-refractivity contribution is -0.137. The van der Waals surface area contributed by atoms with Crippen molar-refractivity contribution in [2.45, 2.75) is 12.6 Å². The molecule has 5 rings (SSSR count). The number of fused-ring (bicyclic) bond motifs is 1. The van der Waals surface area contributed by atoms with E-state index >= 15 is 0 Å². The number of imidazole rings is 1. The molecule has 10 heteroatoms. The first-order valence-corrected chi connectivity index (χ1v) is 11.0. The molecule has 0 spiro atoms. The van der Waals surface area contributed by atoms with Gasteiger partial charge in [0.25, 0.3) is 0 Å².